The number of nitrogens with zero attached hydrogens (tertiary/aromatic N) is 4. The van der Waals surface area contributed by atoms with Gasteiger partial charge in [0.15, 0.2) is 0 Å². The largest absolute Gasteiger partial charge is 0.494 e. The molecule has 0 atom stereocenters. The minimum Gasteiger partial charge on any atom is -0.494 e. The average Bonchev–Trinajstić information content (AvgIpc) is 2.82. The van der Waals surface area contributed by atoms with Gasteiger partial charge < -0.3 is 25.0 Å². The van der Waals surface area contributed by atoms with E-state index in [9.17, 15) is 0 Å². The summed E-state index contributed by atoms with van der Waals surface area (Å²) in [6.07, 6.45) is 5.81. The molecule has 0 unspecified atom stereocenters. The summed E-state index contributed by atoms with van der Waals surface area (Å²) < 4.78 is 11.7. The Hall–Kier alpha value is -3.91. The van der Waals surface area contributed by atoms with E-state index in [1.54, 1.807) is 19.5 Å². The molecule has 8 heteroatoms. The summed E-state index contributed by atoms with van der Waals surface area (Å²) in [6, 6.07) is 18.2. The van der Waals surface area contributed by atoms with Crippen LogP contribution in [0, 0.1) is 0 Å². The van der Waals surface area contributed by atoms with Gasteiger partial charge in [0.25, 0.3) is 0 Å². The van der Waals surface area contributed by atoms with E-state index in [1.807, 2.05) is 54.6 Å². The minimum absolute atomic E-state index is 0. The van der Waals surface area contributed by atoms with Crippen molar-refractivity contribution in [3.63, 3.8) is 0 Å². The predicted molar refractivity (Wildman–Crippen MR) is 139 cm³/mol. The van der Waals surface area contributed by atoms with Crippen LogP contribution in [0.1, 0.15) is 15.7 Å². The van der Waals surface area contributed by atoms with Crippen LogP contribution in [0.4, 0.5) is 23.1 Å². The van der Waals surface area contributed by atoms with Crippen LogP contribution < -0.4 is 20.1 Å². The highest BCUT2D eigenvalue weighted by molar-refractivity contribution is 5.82. The lowest BCUT2D eigenvalue weighted by Crippen LogP contribution is -2.46. The fraction of sp³-hybridized carbons (Fsp3) is 0.269. The van der Waals surface area contributed by atoms with E-state index in [4.69, 9.17) is 9.47 Å². The van der Waals surface area contributed by atoms with E-state index in [0.29, 0.717) is 23.6 Å². The number of fused-ring (bicyclic) bond motifs is 1. The second kappa shape index (κ2) is 9.52. The molecule has 2 aromatic carbocycles. The monoisotopic (exact) mass is 460 g/mol. The van der Waals surface area contributed by atoms with Gasteiger partial charge >= 0.3 is 0 Å². The highest BCUT2D eigenvalue weighted by atomic mass is 16.5. The SMILES string of the molecule is COc1cc(OC2CC(N(C)C)C2)ccc1Nc1nccc(Nc2cnc3ccccc3c2)n1.[HH].[HH]. The molecule has 1 aliphatic rings. The maximum atomic E-state index is 6.11. The Morgan fingerprint density at radius 2 is 1.85 bits per heavy atom. The molecule has 1 saturated carbocycles. The Labute approximate surface area is 201 Å². The fourth-order valence-corrected chi connectivity index (χ4v) is 3.99. The molecule has 0 saturated heterocycles. The molecular formula is C26H32N6O2. The van der Waals surface area contributed by atoms with Crippen LogP contribution in [-0.4, -0.2) is 53.2 Å². The summed E-state index contributed by atoms with van der Waals surface area (Å²) in [4.78, 5) is 15.7. The van der Waals surface area contributed by atoms with E-state index >= 15 is 0 Å². The van der Waals surface area contributed by atoms with Gasteiger partial charge in [-0.15, -0.1) is 0 Å². The highest BCUT2D eigenvalue weighted by Gasteiger charge is 2.32. The van der Waals surface area contributed by atoms with Crippen LogP contribution in [0.15, 0.2) is 67.0 Å². The van der Waals surface area contributed by atoms with Gasteiger partial charge in [-0.25, -0.2) is 4.98 Å². The Morgan fingerprint density at radius 3 is 2.68 bits per heavy atom. The van der Waals surface area contributed by atoms with Gasteiger partial charge in [0.05, 0.1) is 30.2 Å². The normalized spacial score (nSPS) is 17.3. The molecule has 4 aromatic rings. The van der Waals surface area contributed by atoms with Crippen molar-refractivity contribution < 1.29 is 12.3 Å². The molecule has 1 aliphatic carbocycles. The standard InChI is InChI=1S/C26H28N6O2.2H2/c1-32(2)19-13-21(14-19)34-20-8-9-23(24(15-20)33-3)30-26-27-11-10-25(31-26)29-18-12-17-6-4-5-7-22(17)28-16-18;;/h4-12,15-16,19,21H,13-14H2,1-3H3,(H2,27,29,30,31);2*1H. The second-order valence-electron chi connectivity index (χ2n) is 8.62. The van der Waals surface area contributed by atoms with Crippen LogP contribution in [0.5, 0.6) is 11.5 Å². The molecule has 8 nitrogen and oxygen atoms in total. The molecule has 2 aromatic heterocycles. The number of rotatable bonds is 8. The summed E-state index contributed by atoms with van der Waals surface area (Å²) in [5.74, 6) is 2.58. The molecule has 0 aliphatic heterocycles. The third-order valence-electron chi connectivity index (χ3n) is 6.04. The fourth-order valence-electron chi connectivity index (χ4n) is 3.99. The van der Waals surface area contributed by atoms with Crippen molar-refractivity contribution in [2.45, 2.75) is 25.0 Å². The van der Waals surface area contributed by atoms with Crippen LogP contribution in [0.3, 0.4) is 0 Å². The Balaban J connectivity index is 0.00000180. The molecule has 0 spiro atoms. The molecule has 2 N–H and O–H groups in total. The van der Waals surface area contributed by atoms with Crippen molar-refractivity contribution in [1.29, 1.82) is 0 Å². The van der Waals surface area contributed by atoms with Gasteiger partial charge in [0.1, 0.15) is 23.4 Å². The van der Waals surface area contributed by atoms with E-state index in [2.05, 4.69) is 44.6 Å². The summed E-state index contributed by atoms with van der Waals surface area (Å²) in [7, 11) is 5.85. The predicted octanol–water partition coefficient (Wildman–Crippen LogP) is 5.48. The van der Waals surface area contributed by atoms with Crippen molar-refractivity contribution >= 4 is 34.0 Å². The molecule has 178 valence electrons. The zero-order valence-corrected chi connectivity index (χ0v) is 19.5. The Morgan fingerprint density at radius 1 is 1.00 bits per heavy atom. The molecule has 34 heavy (non-hydrogen) atoms. The maximum absolute atomic E-state index is 6.11. The van der Waals surface area contributed by atoms with Gasteiger partial charge in [0, 0.05) is 26.5 Å². The van der Waals surface area contributed by atoms with Gasteiger partial charge in [-0.2, -0.15) is 4.98 Å². The van der Waals surface area contributed by atoms with Gasteiger partial charge in [0.2, 0.25) is 5.95 Å². The smallest absolute Gasteiger partial charge is 0.229 e. The second-order valence-corrected chi connectivity index (χ2v) is 8.62. The number of pyridine rings is 1. The number of aromatic nitrogens is 3. The van der Waals surface area contributed by atoms with E-state index < -0.39 is 0 Å². The first-order valence-corrected chi connectivity index (χ1v) is 11.3. The van der Waals surface area contributed by atoms with Crippen LogP contribution >= 0.6 is 0 Å². The first-order valence-electron chi connectivity index (χ1n) is 11.3. The molecule has 5 rings (SSSR count). The van der Waals surface area contributed by atoms with Crippen molar-refractivity contribution in [3.8, 4) is 11.5 Å². The van der Waals surface area contributed by atoms with E-state index in [-0.39, 0.29) is 8.96 Å². The number of hydrogen-bond acceptors (Lipinski definition) is 8. The Kier molecular flexibility index (Phi) is 6.14. The van der Waals surface area contributed by atoms with Crippen molar-refractivity contribution in [2.75, 3.05) is 31.8 Å². The van der Waals surface area contributed by atoms with E-state index in [0.717, 1.165) is 40.9 Å². The first-order chi connectivity index (χ1) is 16.6. The number of methoxy groups -OCH3 is 1. The average molecular weight is 461 g/mol. The topological polar surface area (TPSA) is 84.4 Å². The number of benzene rings is 2. The van der Waals surface area contributed by atoms with Gasteiger partial charge in [-0.1, -0.05) is 18.2 Å². The van der Waals surface area contributed by atoms with Gasteiger partial charge in [-0.3, -0.25) is 4.98 Å². The third-order valence-corrected chi connectivity index (χ3v) is 6.04. The van der Waals surface area contributed by atoms with Crippen LogP contribution in [-0.2, 0) is 0 Å². The highest BCUT2D eigenvalue weighted by Crippen LogP contribution is 2.34. The summed E-state index contributed by atoms with van der Waals surface area (Å²) in [5, 5.41) is 7.60. The molecular weight excluding hydrogens is 428 g/mol. The van der Waals surface area contributed by atoms with E-state index in [1.165, 1.54) is 0 Å². The molecule has 0 bridgehead atoms. The quantitative estimate of drug-likeness (QED) is 0.357. The lowest BCUT2D eigenvalue weighted by Gasteiger charge is -2.39. The summed E-state index contributed by atoms with van der Waals surface area (Å²) in [6.45, 7) is 0. The number of hydrogen-bond donors (Lipinski definition) is 2. The number of ether oxygens (including phenoxy) is 2. The first kappa shape index (κ1) is 21.9. The maximum Gasteiger partial charge on any atom is 0.229 e. The molecule has 2 heterocycles. The lowest BCUT2D eigenvalue weighted by atomic mass is 9.88. The Bertz CT molecular complexity index is 1300. The van der Waals surface area contributed by atoms with Crippen LogP contribution in [0.25, 0.3) is 10.9 Å². The summed E-state index contributed by atoms with van der Waals surface area (Å²) in [5.41, 5.74) is 2.57. The molecule has 0 amide bonds. The van der Waals surface area contributed by atoms with Crippen molar-refractivity contribution in [1.82, 2.24) is 19.9 Å². The van der Waals surface area contributed by atoms with Crippen molar-refractivity contribution in [3.05, 3.63) is 67.0 Å². The van der Waals surface area contributed by atoms with Gasteiger partial charge in [-0.05, 0) is 57.3 Å². The van der Waals surface area contributed by atoms with Crippen LogP contribution in [0.2, 0.25) is 0 Å². The number of anilines is 4. The molecule has 0 radical (unpaired) electrons. The molecule has 1 fully saturated rings. The number of para-hydroxylation sites is 1. The minimum atomic E-state index is 0. The zero-order chi connectivity index (χ0) is 23.5. The van der Waals surface area contributed by atoms with Crippen molar-refractivity contribution in [2.24, 2.45) is 0 Å². The summed E-state index contributed by atoms with van der Waals surface area (Å²) >= 11 is 0. The zero-order valence-electron chi connectivity index (χ0n) is 19.5. The third kappa shape index (κ3) is 4.87. The lowest BCUT2D eigenvalue weighted by molar-refractivity contribution is 0.0400. The number of nitrogens with one attached hydrogen (secondary N) is 2.